The smallest absolute Gasteiger partial charge is 0.297 e. The monoisotopic (exact) mass is 376 g/mol. The second-order valence-electron chi connectivity index (χ2n) is 6.13. The van der Waals surface area contributed by atoms with E-state index in [0.717, 1.165) is 5.39 Å². The molecule has 0 aliphatic heterocycles. The van der Waals surface area contributed by atoms with E-state index in [0.29, 0.717) is 22.4 Å². The van der Waals surface area contributed by atoms with Crippen LogP contribution in [0.4, 0.5) is 5.69 Å². The molecule has 2 amide bonds. The van der Waals surface area contributed by atoms with E-state index in [9.17, 15) is 14.4 Å². The summed E-state index contributed by atoms with van der Waals surface area (Å²) in [6.07, 6.45) is 1.32. The molecule has 0 spiro atoms. The number of carbonyl (C=O) groups is 2. The molecule has 0 bridgehead atoms. The molecule has 2 aromatic carbocycles. The van der Waals surface area contributed by atoms with Crippen molar-refractivity contribution < 1.29 is 14.0 Å². The number of amides is 2. The lowest BCUT2D eigenvalue weighted by Crippen LogP contribution is -2.28. The van der Waals surface area contributed by atoms with Crippen LogP contribution in [-0.4, -0.2) is 28.4 Å². The van der Waals surface area contributed by atoms with Crippen LogP contribution in [0.2, 0.25) is 0 Å². The molecule has 0 saturated carbocycles. The van der Waals surface area contributed by atoms with Crippen molar-refractivity contribution in [1.29, 1.82) is 0 Å². The second-order valence-corrected chi connectivity index (χ2v) is 6.13. The first-order valence-corrected chi connectivity index (χ1v) is 8.56. The van der Waals surface area contributed by atoms with Gasteiger partial charge >= 0.3 is 0 Å². The quantitative estimate of drug-likeness (QED) is 0.568. The van der Waals surface area contributed by atoms with Crippen molar-refractivity contribution in [3.8, 4) is 0 Å². The van der Waals surface area contributed by atoms with Crippen molar-refractivity contribution in [2.75, 3.05) is 12.4 Å². The maximum atomic E-state index is 12.7. The number of hydrogen-bond donors (Lipinski definition) is 2. The van der Waals surface area contributed by atoms with Crippen LogP contribution >= 0.6 is 0 Å². The molecule has 2 aromatic heterocycles. The Kier molecular flexibility index (Phi) is 4.36. The molecule has 0 atom stereocenters. The summed E-state index contributed by atoms with van der Waals surface area (Å²) in [6, 6.07) is 13.8. The average molecular weight is 376 g/mol. The summed E-state index contributed by atoms with van der Waals surface area (Å²) in [5.74, 6) is -0.783. The molecule has 0 aliphatic carbocycles. The standard InChI is InChI=1S/C20H16N4O4/c1-21-19(26)12-6-2-4-8-14(12)23-16(25)10-24-11-22-17-13-7-3-5-9-15(13)28-18(17)20(24)27/h2-9,11H,10H2,1H3,(H,21,26)(H,23,25). The number of furan rings is 1. The molecule has 4 rings (SSSR count). The lowest BCUT2D eigenvalue weighted by molar-refractivity contribution is -0.116. The minimum Gasteiger partial charge on any atom is -0.448 e. The molecule has 0 aliphatic rings. The van der Waals surface area contributed by atoms with E-state index in [2.05, 4.69) is 15.6 Å². The van der Waals surface area contributed by atoms with Gasteiger partial charge in [0.05, 0.1) is 17.6 Å². The topological polar surface area (TPSA) is 106 Å². The fraction of sp³-hybridized carbons (Fsp3) is 0.100. The number of hydrogen-bond acceptors (Lipinski definition) is 5. The molecule has 8 nitrogen and oxygen atoms in total. The Morgan fingerprint density at radius 3 is 2.68 bits per heavy atom. The van der Waals surface area contributed by atoms with Crippen molar-refractivity contribution in [2.24, 2.45) is 0 Å². The van der Waals surface area contributed by atoms with E-state index >= 15 is 0 Å². The lowest BCUT2D eigenvalue weighted by Gasteiger charge is -2.10. The highest BCUT2D eigenvalue weighted by molar-refractivity contribution is 6.04. The number of carbonyl (C=O) groups excluding carboxylic acids is 2. The van der Waals surface area contributed by atoms with E-state index in [1.807, 2.05) is 12.1 Å². The third kappa shape index (κ3) is 3.01. The van der Waals surface area contributed by atoms with E-state index in [1.54, 1.807) is 36.4 Å². The summed E-state index contributed by atoms with van der Waals surface area (Å²) in [6.45, 7) is -0.263. The third-order valence-corrected chi connectivity index (χ3v) is 4.34. The molecule has 140 valence electrons. The fourth-order valence-electron chi connectivity index (χ4n) is 3.00. The molecular formula is C20H16N4O4. The first-order chi connectivity index (χ1) is 13.6. The van der Waals surface area contributed by atoms with Crippen molar-refractivity contribution in [1.82, 2.24) is 14.9 Å². The van der Waals surface area contributed by atoms with Crippen molar-refractivity contribution in [3.63, 3.8) is 0 Å². The van der Waals surface area contributed by atoms with Gasteiger partial charge in [-0.1, -0.05) is 24.3 Å². The van der Waals surface area contributed by atoms with Crippen LogP contribution in [0.25, 0.3) is 22.1 Å². The minimum atomic E-state index is -0.462. The van der Waals surface area contributed by atoms with Gasteiger partial charge in [-0.05, 0) is 24.3 Å². The van der Waals surface area contributed by atoms with E-state index in [-0.39, 0.29) is 18.0 Å². The molecule has 28 heavy (non-hydrogen) atoms. The highest BCUT2D eigenvalue weighted by Gasteiger charge is 2.16. The van der Waals surface area contributed by atoms with Gasteiger partial charge in [0, 0.05) is 12.4 Å². The first-order valence-electron chi connectivity index (χ1n) is 8.56. The number of aromatic nitrogens is 2. The number of para-hydroxylation sites is 2. The van der Waals surface area contributed by atoms with Crippen LogP contribution in [0.1, 0.15) is 10.4 Å². The largest absolute Gasteiger partial charge is 0.448 e. The van der Waals surface area contributed by atoms with Crippen LogP contribution in [0.15, 0.2) is 64.1 Å². The number of rotatable bonds is 4. The Hall–Kier alpha value is -3.94. The average Bonchev–Trinajstić information content (AvgIpc) is 3.09. The molecule has 0 unspecified atom stereocenters. The molecule has 0 radical (unpaired) electrons. The van der Waals surface area contributed by atoms with E-state index in [1.165, 1.54) is 17.9 Å². The molecule has 2 N–H and O–H groups in total. The number of benzene rings is 2. The summed E-state index contributed by atoms with van der Waals surface area (Å²) in [4.78, 5) is 41.3. The maximum absolute atomic E-state index is 12.7. The van der Waals surface area contributed by atoms with Crippen LogP contribution in [-0.2, 0) is 11.3 Å². The summed E-state index contributed by atoms with van der Waals surface area (Å²) in [5.41, 5.74) is 1.36. The highest BCUT2D eigenvalue weighted by Crippen LogP contribution is 2.24. The zero-order valence-corrected chi connectivity index (χ0v) is 14.9. The number of anilines is 1. The van der Waals surface area contributed by atoms with E-state index in [4.69, 9.17) is 4.42 Å². The fourth-order valence-corrected chi connectivity index (χ4v) is 3.00. The van der Waals surface area contributed by atoms with Gasteiger partial charge in [-0.3, -0.25) is 19.0 Å². The summed E-state index contributed by atoms with van der Waals surface area (Å²) < 4.78 is 6.78. The van der Waals surface area contributed by atoms with Crippen LogP contribution in [0, 0.1) is 0 Å². The minimum absolute atomic E-state index is 0.0993. The predicted octanol–water partition coefficient (Wildman–Crippen LogP) is 2.14. The van der Waals surface area contributed by atoms with E-state index < -0.39 is 11.5 Å². The molecule has 2 heterocycles. The van der Waals surface area contributed by atoms with Gasteiger partial charge in [0.2, 0.25) is 11.5 Å². The molecular weight excluding hydrogens is 360 g/mol. The lowest BCUT2D eigenvalue weighted by atomic mass is 10.1. The Morgan fingerprint density at radius 2 is 1.86 bits per heavy atom. The predicted molar refractivity (Wildman–Crippen MR) is 104 cm³/mol. The SMILES string of the molecule is CNC(=O)c1ccccc1NC(=O)Cn1cnc2c(oc3ccccc32)c1=O. The van der Waals surface area contributed by atoms with Crippen LogP contribution in [0.5, 0.6) is 0 Å². The van der Waals surface area contributed by atoms with Gasteiger partial charge in [-0.2, -0.15) is 0 Å². The normalized spacial score (nSPS) is 10.9. The van der Waals surface area contributed by atoms with Crippen LogP contribution < -0.4 is 16.2 Å². The Labute approximate surface area is 158 Å². The summed E-state index contributed by atoms with van der Waals surface area (Å²) in [7, 11) is 1.51. The molecule has 0 saturated heterocycles. The maximum Gasteiger partial charge on any atom is 0.297 e. The van der Waals surface area contributed by atoms with Crippen LogP contribution in [0.3, 0.4) is 0 Å². The number of nitrogens with one attached hydrogen (secondary N) is 2. The number of nitrogens with zero attached hydrogens (tertiary/aromatic N) is 2. The summed E-state index contributed by atoms with van der Waals surface area (Å²) >= 11 is 0. The zero-order valence-electron chi connectivity index (χ0n) is 14.9. The first kappa shape index (κ1) is 17.5. The van der Waals surface area contributed by atoms with Gasteiger partial charge in [-0.15, -0.1) is 0 Å². The van der Waals surface area contributed by atoms with Gasteiger partial charge in [0.15, 0.2) is 0 Å². The number of fused-ring (bicyclic) bond motifs is 3. The Balaban J connectivity index is 1.63. The molecule has 4 aromatic rings. The molecule has 0 fully saturated rings. The van der Waals surface area contributed by atoms with Crippen molar-refractivity contribution >= 4 is 39.6 Å². The molecule has 8 heteroatoms. The third-order valence-electron chi connectivity index (χ3n) is 4.34. The van der Waals surface area contributed by atoms with Crippen molar-refractivity contribution in [2.45, 2.75) is 6.54 Å². The van der Waals surface area contributed by atoms with Gasteiger partial charge in [0.1, 0.15) is 17.6 Å². The van der Waals surface area contributed by atoms with Crippen molar-refractivity contribution in [3.05, 3.63) is 70.8 Å². The van der Waals surface area contributed by atoms with Gasteiger partial charge < -0.3 is 15.1 Å². The van der Waals surface area contributed by atoms with Gasteiger partial charge in [0.25, 0.3) is 11.5 Å². The zero-order chi connectivity index (χ0) is 19.7. The Morgan fingerprint density at radius 1 is 1.11 bits per heavy atom. The Bertz CT molecular complexity index is 1270. The highest BCUT2D eigenvalue weighted by atomic mass is 16.3. The second kappa shape index (κ2) is 6.99. The van der Waals surface area contributed by atoms with Gasteiger partial charge in [-0.25, -0.2) is 4.98 Å². The summed E-state index contributed by atoms with van der Waals surface area (Å²) in [5, 5.41) is 5.92.